The molecule has 4 atom stereocenters. The highest BCUT2D eigenvalue weighted by molar-refractivity contribution is 4.76. The minimum absolute atomic E-state index is 0.117. The minimum atomic E-state index is -0.321. The molecule has 0 radical (unpaired) electrons. The zero-order valence-corrected chi connectivity index (χ0v) is 12.8. The maximum Gasteiger partial charge on any atom is 0.0716 e. The van der Waals surface area contributed by atoms with Crippen LogP contribution in [-0.2, 0) is 0 Å². The van der Waals surface area contributed by atoms with Crippen LogP contribution < -0.4 is 5.32 Å². The Morgan fingerprint density at radius 2 is 1.67 bits per heavy atom. The molecule has 0 heterocycles. The first-order valence-electron chi connectivity index (χ1n) is 7.01. The van der Waals surface area contributed by atoms with Gasteiger partial charge in [-0.2, -0.15) is 0 Å². The van der Waals surface area contributed by atoms with E-state index in [4.69, 9.17) is 0 Å². The summed E-state index contributed by atoms with van der Waals surface area (Å²) in [6.45, 7) is 9.72. The Morgan fingerprint density at radius 1 is 1.11 bits per heavy atom. The van der Waals surface area contributed by atoms with E-state index in [1.54, 1.807) is 0 Å². The smallest absolute Gasteiger partial charge is 0.0716 e. The number of hydrogen-bond donors (Lipinski definition) is 3. The summed E-state index contributed by atoms with van der Waals surface area (Å²) in [7, 11) is 3.89. The van der Waals surface area contributed by atoms with E-state index < -0.39 is 0 Å². The first-order valence-corrected chi connectivity index (χ1v) is 7.01. The van der Waals surface area contributed by atoms with Crippen LogP contribution in [0, 0.1) is 11.8 Å². The third-order valence-electron chi connectivity index (χ3n) is 3.79. The van der Waals surface area contributed by atoms with Crippen molar-refractivity contribution in [2.75, 3.05) is 27.2 Å². The number of hydrogen-bond acceptors (Lipinski definition) is 4. The first kappa shape index (κ1) is 17.8. The van der Waals surface area contributed by atoms with Crippen molar-refractivity contribution in [2.24, 2.45) is 11.8 Å². The second-order valence-electron chi connectivity index (χ2n) is 5.91. The Bertz CT molecular complexity index is 212. The highest BCUT2D eigenvalue weighted by Gasteiger charge is 2.20. The lowest BCUT2D eigenvalue weighted by molar-refractivity contribution is 0.0628. The molecule has 4 unspecified atom stereocenters. The predicted molar refractivity (Wildman–Crippen MR) is 76.7 cm³/mol. The largest absolute Gasteiger partial charge is 0.392 e. The standard InChI is InChI=1S/C14H32N2O2/c1-10(2)13(17)9-16(6)8-7-11(3)14(18)12(4)15-5/h10-15,17-18H,7-9H2,1-6H3. The summed E-state index contributed by atoms with van der Waals surface area (Å²) >= 11 is 0. The summed E-state index contributed by atoms with van der Waals surface area (Å²) in [5, 5.41) is 22.9. The number of likely N-dealkylation sites (N-methyl/N-ethyl adjacent to an activating group) is 2. The van der Waals surface area contributed by atoms with Crippen LogP contribution in [0.4, 0.5) is 0 Å². The van der Waals surface area contributed by atoms with E-state index in [1.165, 1.54) is 0 Å². The first-order chi connectivity index (χ1) is 8.29. The summed E-state index contributed by atoms with van der Waals surface area (Å²) in [4.78, 5) is 2.14. The van der Waals surface area contributed by atoms with Gasteiger partial charge in [0.1, 0.15) is 0 Å². The van der Waals surface area contributed by atoms with E-state index in [0.717, 1.165) is 13.0 Å². The molecule has 0 fully saturated rings. The molecular formula is C14H32N2O2. The summed E-state index contributed by atoms with van der Waals surface area (Å²) < 4.78 is 0. The Hall–Kier alpha value is -0.160. The molecule has 0 saturated heterocycles. The van der Waals surface area contributed by atoms with Gasteiger partial charge in [-0.3, -0.25) is 0 Å². The third-order valence-corrected chi connectivity index (χ3v) is 3.79. The molecule has 0 aliphatic rings. The van der Waals surface area contributed by atoms with Gasteiger partial charge in [0.05, 0.1) is 12.2 Å². The second kappa shape index (κ2) is 8.86. The van der Waals surface area contributed by atoms with Crippen molar-refractivity contribution < 1.29 is 10.2 Å². The molecule has 0 aromatic heterocycles. The molecule has 0 saturated carbocycles. The Morgan fingerprint density at radius 3 is 2.11 bits per heavy atom. The molecule has 4 heteroatoms. The molecule has 18 heavy (non-hydrogen) atoms. The maximum atomic E-state index is 10.0. The van der Waals surface area contributed by atoms with Gasteiger partial charge < -0.3 is 20.4 Å². The molecular weight excluding hydrogens is 228 g/mol. The third kappa shape index (κ3) is 6.69. The second-order valence-corrected chi connectivity index (χ2v) is 5.91. The van der Waals surface area contributed by atoms with Crippen LogP contribution in [0.2, 0.25) is 0 Å². The molecule has 0 aliphatic heterocycles. The maximum absolute atomic E-state index is 10.0. The van der Waals surface area contributed by atoms with E-state index >= 15 is 0 Å². The van der Waals surface area contributed by atoms with Crippen molar-refractivity contribution in [3.8, 4) is 0 Å². The van der Waals surface area contributed by atoms with Crippen LogP contribution in [0.25, 0.3) is 0 Å². The summed E-state index contributed by atoms with van der Waals surface area (Å²) in [5.41, 5.74) is 0. The highest BCUT2D eigenvalue weighted by atomic mass is 16.3. The van der Waals surface area contributed by atoms with Gasteiger partial charge in [0.15, 0.2) is 0 Å². The number of nitrogens with zero attached hydrogens (tertiary/aromatic N) is 1. The number of nitrogens with one attached hydrogen (secondary N) is 1. The molecule has 110 valence electrons. The summed E-state index contributed by atoms with van der Waals surface area (Å²) in [6.07, 6.45) is 0.346. The normalized spacial score (nSPS) is 19.0. The van der Waals surface area contributed by atoms with E-state index in [2.05, 4.69) is 17.1 Å². The molecule has 0 aromatic carbocycles. The average molecular weight is 260 g/mol. The predicted octanol–water partition coefficient (Wildman–Crippen LogP) is 0.930. The Balaban J connectivity index is 3.94. The fraction of sp³-hybridized carbons (Fsp3) is 1.00. The molecule has 3 N–H and O–H groups in total. The zero-order valence-electron chi connectivity index (χ0n) is 12.8. The van der Waals surface area contributed by atoms with Gasteiger partial charge >= 0.3 is 0 Å². The Labute approximate surface area is 112 Å². The molecule has 0 bridgehead atoms. The van der Waals surface area contributed by atoms with Crippen molar-refractivity contribution in [2.45, 2.75) is 52.4 Å². The van der Waals surface area contributed by atoms with Gasteiger partial charge in [0, 0.05) is 12.6 Å². The summed E-state index contributed by atoms with van der Waals surface area (Å²) in [5.74, 6) is 0.547. The molecule has 0 aromatic rings. The minimum Gasteiger partial charge on any atom is -0.392 e. The van der Waals surface area contributed by atoms with E-state index in [-0.39, 0.29) is 24.2 Å². The van der Waals surface area contributed by atoms with Crippen molar-refractivity contribution in [1.29, 1.82) is 0 Å². The van der Waals surface area contributed by atoms with Gasteiger partial charge in [0.25, 0.3) is 0 Å². The lowest BCUT2D eigenvalue weighted by atomic mass is 9.95. The van der Waals surface area contributed by atoms with E-state index in [0.29, 0.717) is 12.5 Å². The van der Waals surface area contributed by atoms with Crippen LogP contribution in [0.5, 0.6) is 0 Å². The topological polar surface area (TPSA) is 55.7 Å². The average Bonchev–Trinajstić information content (AvgIpc) is 2.33. The zero-order chi connectivity index (χ0) is 14.3. The van der Waals surface area contributed by atoms with Crippen LogP contribution >= 0.6 is 0 Å². The number of rotatable bonds is 9. The van der Waals surface area contributed by atoms with Gasteiger partial charge in [-0.15, -0.1) is 0 Å². The van der Waals surface area contributed by atoms with Gasteiger partial charge in [-0.1, -0.05) is 20.8 Å². The lowest BCUT2D eigenvalue weighted by Gasteiger charge is -2.27. The molecule has 0 aliphatic carbocycles. The lowest BCUT2D eigenvalue weighted by Crippen LogP contribution is -2.40. The van der Waals surface area contributed by atoms with Crippen LogP contribution in [0.3, 0.4) is 0 Å². The molecule has 4 nitrogen and oxygen atoms in total. The Kier molecular flexibility index (Phi) is 8.78. The van der Waals surface area contributed by atoms with Crippen molar-refractivity contribution >= 4 is 0 Å². The van der Waals surface area contributed by atoms with Gasteiger partial charge in [0.2, 0.25) is 0 Å². The fourth-order valence-corrected chi connectivity index (χ4v) is 1.88. The molecule has 0 amide bonds. The summed E-state index contributed by atoms with van der Waals surface area (Å²) in [6, 6.07) is 0.117. The number of aliphatic hydroxyl groups excluding tert-OH is 2. The van der Waals surface area contributed by atoms with Crippen LogP contribution in [0.15, 0.2) is 0 Å². The fourth-order valence-electron chi connectivity index (χ4n) is 1.88. The highest BCUT2D eigenvalue weighted by Crippen LogP contribution is 2.12. The number of aliphatic hydroxyl groups is 2. The van der Waals surface area contributed by atoms with Crippen molar-refractivity contribution in [3.05, 3.63) is 0 Å². The molecule has 0 spiro atoms. The SMILES string of the molecule is CNC(C)C(O)C(C)CCN(C)CC(O)C(C)C. The van der Waals surface area contributed by atoms with Crippen molar-refractivity contribution in [1.82, 2.24) is 10.2 Å². The quantitative estimate of drug-likeness (QED) is 0.577. The van der Waals surface area contributed by atoms with Crippen molar-refractivity contribution in [3.63, 3.8) is 0 Å². The van der Waals surface area contributed by atoms with E-state index in [9.17, 15) is 10.2 Å². The molecule has 0 rings (SSSR count). The van der Waals surface area contributed by atoms with Gasteiger partial charge in [-0.05, 0) is 45.8 Å². The van der Waals surface area contributed by atoms with Crippen LogP contribution in [0.1, 0.15) is 34.1 Å². The monoisotopic (exact) mass is 260 g/mol. The van der Waals surface area contributed by atoms with Crippen LogP contribution in [-0.4, -0.2) is 60.5 Å². The van der Waals surface area contributed by atoms with Gasteiger partial charge in [-0.25, -0.2) is 0 Å². The van der Waals surface area contributed by atoms with E-state index in [1.807, 2.05) is 34.9 Å².